The minimum absolute atomic E-state index is 0.118. The number of carbonyl (C=O) groups excluding carboxylic acids is 2. The molecule has 7 nitrogen and oxygen atoms in total. The molecule has 0 aromatic heterocycles. The Morgan fingerprint density at radius 1 is 1.00 bits per heavy atom. The summed E-state index contributed by atoms with van der Waals surface area (Å²) in [5, 5.41) is 2.85. The van der Waals surface area contributed by atoms with E-state index in [1.165, 1.54) is 28.6 Å². The van der Waals surface area contributed by atoms with Gasteiger partial charge in [-0.1, -0.05) is 30.3 Å². The summed E-state index contributed by atoms with van der Waals surface area (Å²) in [6.07, 6.45) is 1.46. The van der Waals surface area contributed by atoms with Gasteiger partial charge in [-0.25, -0.2) is 8.42 Å². The van der Waals surface area contributed by atoms with Crippen LogP contribution in [0.5, 0.6) is 0 Å². The molecular formula is C26H27N3O4S. The molecule has 0 aliphatic carbocycles. The van der Waals surface area contributed by atoms with Gasteiger partial charge in [0.1, 0.15) is 0 Å². The summed E-state index contributed by atoms with van der Waals surface area (Å²) in [5.41, 5.74) is 2.49. The van der Waals surface area contributed by atoms with Crippen molar-refractivity contribution in [3.05, 3.63) is 90.0 Å². The fourth-order valence-electron chi connectivity index (χ4n) is 4.03. The molecule has 3 aromatic carbocycles. The van der Waals surface area contributed by atoms with E-state index in [1.54, 1.807) is 37.3 Å². The quantitative estimate of drug-likeness (QED) is 0.525. The third kappa shape index (κ3) is 5.12. The minimum atomic E-state index is -3.76. The van der Waals surface area contributed by atoms with E-state index in [2.05, 4.69) is 5.32 Å². The van der Waals surface area contributed by atoms with E-state index in [9.17, 15) is 18.0 Å². The van der Waals surface area contributed by atoms with Crippen molar-refractivity contribution in [1.29, 1.82) is 0 Å². The maximum Gasteiger partial charge on any atom is 0.264 e. The first-order valence-corrected chi connectivity index (χ1v) is 12.7. The van der Waals surface area contributed by atoms with Crippen LogP contribution in [-0.4, -0.2) is 38.2 Å². The predicted molar refractivity (Wildman–Crippen MR) is 132 cm³/mol. The van der Waals surface area contributed by atoms with Gasteiger partial charge in [-0.2, -0.15) is 0 Å². The molecule has 0 bridgehead atoms. The highest BCUT2D eigenvalue weighted by atomic mass is 32.2. The van der Waals surface area contributed by atoms with Crippen molar-refractivity contribution in [1.82, 2.24) is 4.90 Å². The van der Waals surface area contributed by atoms with Gasteiger partial charge in [0.15, 0.2) is 0 Å². The number of nitrogens with zero attached hydrogens (tertiary/aromatic N) is 2. The number of para-hydroxylation sites is 1. The number of anilines is 2. The van der Waals surface area contributed by atoms with Crippen LogP contribution in [0, 0.1) is 0 Å². The fourth-order valence-corrected chi connectivity index (χ4v) is 5.51. The first-order valence-electron chi connectivity index (χ1n) is 11.2. The SMILES string of the molecule is CCN(c1ccccc1)S(=O)(=O)c1ccc(C(=O)Nc2cccc(CN3CCCC3=O)c2)cc1. The molecule has 0 atom stereocenters. The molecule has 1 N–H and O–H groups in total. The van der Waals surface area contributed by atoms with Gasteiger partial charge >= 0.3 is 0 Å². The van der Waals surface area contributed by atoms with Crippen LogP contribution in [0.2, 0.25) is 0 Å². The molecule has 8 heteroatoms. The molecule has 0 unspecified atom stereocenters. The van der Waals surface area contributed by atoms with Crippen LogP contribution < -0.4 is 9.62 Å². The van der Waals surface area contributed by atoms with Crippen molar-refractivity contribution in [2.75, 3.05) is 22.7 Å². The van der Waals surface area contributed by atoms with Gasteiger partial charge in [-0.3, -0.25) is 13.9 Å². The van der Waals surface area contributed by atoms with Crippen LogP contribution in [0.15, 0.2) is 83.8 Å². The maximum absolute atomic E-state index is 13.1. The van der Waals surface area contributed by atoms with E-state index in [1.807, 2.05) is 29.2 Å². The Labute approximate surface area is 200 Å². The van der Waals surface area contributed by atoms with Gasteiger partial charge in [0.25, 0.3) is 15.9 Å². The highest BCUT2D eigenvalue weighted by molar-refractivity contribution is 7.92. The topological polar surface area (TPSA) is 86.8 Å². The maximum atomic E-state index is 13.1. The van der Waals surface area contributed by atoms with Crippen molar-refractivity contribution in [2.45, 2.75) is 31.2 Å². The Hall–Kier alpha value is -3.65. The Kier molecular flexibility index (Phi) is 6.98. The lowest BCUT2D eigenvalue weighted by atomic mass is 10.1. The number of hydrogen-bond donors (Lipinski definition) is 1. The molecule has 2 amide bonds. The number of carbonyl (C=O) groups is 2. The molecule has 1 saturated heterocycles. The van der Waals surface area contributed by atoms with Crippen LogP contribution >= 0.6 is 0 Å². The Bertz CT molecular complexity index is 1270. The largest absolute Gasteiger partial charge is 0.338 e. The van der Waals surface area contributed by atoms with Gasteiger partial charge in [-0.05, 0) is 67.4 Å². The molecule has 0 spiro atoms. The van der Waals surface area contributed by atoms with Crippen molar-refractivity contribution >= 4 is 33.2 Å². The fraction of sp³-hybridized carbons (Fsp3) is 0.231. The molecule has 1 heterocycles. The first-order chi connectivity index (χ1) is 16.4. The molecule has 1 fully saturated rings. The number of benzene rings is 3. The summed E-state index contributed by atoms with van der Waals surface area (Å²) >= 11 is 0. The van der Waals surface area contributed by atoms with E-state index < -0.39 is 10.0 Å². The lowest BCUT2D eigenvalue weighted by Crippen LogP contribution is -2.30. The third-order valence-corrected chi connectivity index (χ3v) is 7.68. The predicted octanol–water partition coefficient (Wildman–Crippen LogP) is 4.28. The van der Waals surface area contributed by atoms with Gasteiger partial charge in [-0.15, -0.1) is 0 Å². The third-order valence-electron chi connectivity index (χ3n) is 5.77. The van der Waals surface area contributed by atoms with E-state index >= 15 is 0 Å². The van der Waals surface area contributed by atoms with Crippen molar-refractivity contribution < 1.29 is 18.0 Å². The van der Waals surface area contributed by atoms with Gasteiger partial charge in [0, 0.05) is 37.3 Å². The summed E-state index contributed by atoms with van der Waals surface area (Å²) in [7, 11) is -3.76. The molecule has 1 aliphatic heterocycles. The van der Waals surface area contributed by atoms with Gasteiger partial charge in [0.2, 0.25) is 5.91 Å². The lowest BCUT2D eigenvalue weighted by molar-refractivity contribution is -0.128. The van der Waals surface area contributed by atoms with Gasteiger partial charge in [0.05, 0.1) is 10.6 Å². The normalized spacial score (nSPS) is 13.7. The first kappa shape index (κ1) is 23.5. The Balaban J connectivity index is 1.46. The van der Waals surface area contributed by atoms with E-state index in [4.69, 9.17) is 0 Å². The number of nitrogens with one attached hydrogen (secondary N) is 1. The molecule has 176 valence electrons. The van der Waals surface area contributed by atoms with Crippen molar-refractivity contribution in [2.24, 2.45) is 0 Å². The van der Waals surface area contributed by atoms with Crippen LogP contribution in [-0.2, 0) is 21.4 Å². The summed E-state index contributed by atoms with van der Waals surface area (Å²) in [4.78, 5) is 26.6. The monoisotopic (exact) mass is 477 g/mol. The van der Waals surface area contributed by atoms with Crippen LogP contribution in [0.4, 0.5) is 11.4 Å². The van der Waals surface area contributed by atoms with Crippen LogP contribution in [0.25, 0.3) is 0 Å². The average molecular weight is 478 g/mol. The molecule has 34 heavy (non-hydrogen) atoms. The second kappa shape index (κ2) is 10.1. The molecule has 0 radical (unpaired) electrons. The zero-order valence-corrected chi connectivity index (χ0v) is 19.8. The average Bonchev–Trinajstić information content (AvgIpc) is 3.24. The zero-order chi connectivity index (χ0) is 24.1. The molecule has 0 saturated carbocycles. The van der Waals surface area contributed by atoms with Gasteiger partial charge < -0.3 is 10.2 Å². The van der Waals surface area contributed by atoms with Crippen molar-refractivity contribution in [3.63, 3.8) is 0 Å². The number of rotatable bonds is 8. The standard InChI is InChI=1S/C26H27N3O4S/c1-2-29(23-10-4-3-5-11-23)34(32,33)24-15-13-21(14-16-24)26(31)27-22-9-6-8-20(18-22)19-28-17-7-12-25(28)30/h3-6,8-11,13-16,18H,2,7,12,17,19H2,1H3,(H,27,31). The Morgan fingerprint density at radius 3 is 2.38 bits per heavy atom. The van der Waals surface area contributed by atoms with E-state index in [0.29, 0.717) is 29.9 Å². The summed E-state index contributed by atoms with van der Waals surface area (Å²) in [5.74, 6) is -0.188. The zero-order valence-electron chi connectivity index (χ0n) is 19.0. The second-order valence-corrected chi connectivity index (χ2v) is 9.97. The number of likely N-dealkylation sites (tertiary alicyclic amines) is 1. The Morgan fingerprint density at radius 2 is 1.74 bits per heavy atom. The summed E-state index contributed by atoms with van der Waals surface area (Å²) in [6.45, 7) is 3.34. The van der Waals surface area contributed by atoms with Crippen molar-refractivity contribution in [3.8, 4) is 0 Å². The minimum Gasteiger partial charge on any atom is -0.338 e. The van der Waals surface area contributed by atoms with E-state index in [-0.39, 0.29) is 23.3 Å². The second-order valence-electron chi connectivity index (χ2n) is 8.10. The molecule has 4 rings (SSSR count). The van der Waals surface area contributed by atoms with Crippen LogP contribution in [0.3, 0.4) is 0 Å². The van der Waals surface area contributed by atoms with Crippen LogP contribution in [0.1, 0.15) is 35.7 Å². The summed E-state index contributed by atoms with van der Waals surface area (Å²) < 4.78 is 27.6. The lowest BCUT2D eigenvalue weighted by Gasteiger charge is -2.23. The molecule has 1 aliphatic rings. The number of sulfonamides is 1. The number of hydrogen-bond acceptors (Lipinski definition) is 4. The summed E-state index contributed by atoms with van der Waals surface area (Å²) in [6, 6.07) is 22.2. The highest BCUT2D eigenvalue weighted by Crippen LogP contribution is 2.24. The highest BCUT2D eigenvalue weighted by Gasteiger charge is 2.24. The molecule has 3 aromatic rings. The van der Waals surface area contributed by atoms with E-state index in [0.717, 1.165) is 18.5 Å². The molecular weight excluding hydrogens is 450 g/mol. The smallest absolute Gasteiger partial charge is 0.264 e. The number of amides is 2.